The first-order valence-corrected chi connectivity index (χ1v) is 5.71. The highest BCUT2D eigenvalue weighted by Crippen LogP contribution is 2.20. The van der Waals surface area contributed by atoms with Crippen molar-refractivity contribution in [1.82, 2.24) is 4.90 Å². The van der Waals surface area contributed by atoms with Gasteiger partial charge in [0.25, 0.3) is 0 Å². The third kappa shape index (κ3) is 3.71. The Hall–Kier alpha value is -1.07. The minimum Gasteiger partial charge on any atom is -0.444 e. The smallest absolute Gasteiger partial charge is 0.410 e. The van der Waals surface area contributed by atoms with E-state index in [2.05, 4.69) is 0 Å². The minimum absolute atomic E-state index is 0.150. The van der Waals surface area contributed by atoms with Gasteiger partial charge in [0.2, 0.25) is 0 Å². The summed E-state index contributed by atoms with van der Waals surface area (Å²) in [6, 6.07) is -0.409. The molecule has 0 unspecified atom stereocenters. The van der Waals surface area contributed by atoms with E-state index in [0.29, 0.717) is 0 Å². The number of hydrogen-bond donors (Lipinski definition) is 2. The molecule has 1 aliphatic heterocycles. The topological polar surface area (TPSA) is 70.0 Å². The van der Waals surface area contributed by atoms with Crippen LogP contribution in [-0.4, -0.2) is 52.1 Å². The van der Waals surface area contributed by atoms with E-state index in [4.69, 9.17) is 4.74 Å². The van der Waals surface area contributed by atoms with Crippen molar-refractivity contribution < 1.29 is 19.7 Å². The Morgan fingerprint density at radius 3 is 2.65 bits per heavy atom. The maximum Gasteiger partial charge on any atom is 0.410 e. The van der Waals surface area contributed by atoms with E-state index in [1.165, 1.54) is 4.90 Å². The molecule has 0 saturated heterocycles. The summed E-state index contributed by atoms with van der Waals surface area (Å²) in [6.45, 7) is 7.10. The van der Waals surface area contributed by atoms with E-state index in [1.54, 1.807) is 33.8 Å². The summed E-state index contributed by atoms with van der Waals surface area (Å²) >= 11 is 0. The lowest BCUT2D eigenvalue weighted by Gasteiger charge is -2.37. The molecule has 0 radical (unpaired) electrons. The average Bonchev–Trinajstić information content (AvgIpc) is 2.13. The zero-order valence-electron chi connectivity index (χ0n) is 10.8. The summed E-state index contributed by atoms with van der Waals surface area (Å²) in [6.07, 6.45) is 0.440. The summed E-state index contributed by atoms with van der Waals surface area (Å²) in [5.74, 6) is 0. The molecule has 0 bridgehead atoms. The Morgan fingerprint density at radius 1 is 1.59 bits per heavy atom. The molecule has 0 aliphatic carbocycles. The van der Waals surface area contributed by atoms with Crippen molar-refractivity contribution in [2.24, 2.45) is 0 Å². The number of aliphatic hydroxyl groups is 2. The van der Waals surface area contributed by atoms with Crippen LogP contribution < -0.4 is 0 Å². The first-order chi connectivity index (χ1) is 7.74. The molecule has 1 rings (SSSR count). The van der Waals surface area contributed by atoms with Gasteiger partial charge in [-0.05, 0) is 33.3 Å². The Morgan fingerprint density at radius 2 is 2.18 bits per heavy atom. The lowest BCUT2D eigenvalue weighted by atomic mass is 10.0. The molecule has 2 N–H and O–H groups in total. The van der Waals surface area contributed by atoms with Crippen molar-refractivity contribution in [1.29, 1.82) is 0 Å². The minimum atomic E-state index is -0.703. The zero-order chi connectivity index (χ0) is 13.2. The number of nitrogens with zero attached hydrogens (tertiary/aromatic N) is 1. The predicted molar refractivity (Wildman–Crippen MR) is 63.6 cm³/mol. The van der Waals surface area contributed by atoms with Gasteiger partial charge in [0.15, 0.2) is 0 Å². The van der Waals surface area contributed by atoms with Gasteiger partial charge in [-0.15, -0.1) is 0 Å². The van der Waals surface area contributed by atoms with Crippen LogP contribution in [0, 0.1) is 0 Å². The van der Waals surface area contributed by atoms with Crippen LogP contribution in [0.5, 0.6) is 0 Å². The van der Waals surface area contributed by atoms with Crippen LogP contribution in [0.3, 0.4) is 0 Å². The van der Waals surface area contributed by atoms with Gasteiger partial charge < -0.3 is 14.9 Å². The highest BCUT2D eigenvalue weighted by atomic mass is 16.6. The van der Waals surface area contributed by atoms with Crippen LogP contribution in [0.25, 0.3) is 0 Å². The molecule has 2 atom stereocenters. The Balaban J connectivity index is 2.82. The largest absolute Gasteiger partial charge is 0.444 e. The van der Waals surface area contributed by atoms with Crippen molar-refractivity contribution in [3.8, 4) is 0 Å². The lowest BCUT2D eigenvalue weighted by Crippen LogP contribution is -2.51. The summed E-state index contributed by atoms with van der Waals surface area (Å²) in [5.41, 5.74) is 0.189. The Labute approximate surface area is 102 Å². The molecule has 0 saturated carbocycles. The third-order valence-corrected chi connectivity index (χ3v) is 2.54. The van der Waals surface area contributed by atoms with Crippen molar-refractivity contribution in [3.05, 3.63) is 11.6 Å². The number of ether oxygens (including phenoxy) is 1. The summed E-state index contributed by atoms with van der Waals surface area (Å²) < 4.78 is 5.24. The summed E-state index contributed by atoms with van der Waals surface area (Å²) in [4.78, 5) is 13.3. The number of rotatable bonds is 1. The van der Waals surface area contributed by atoms with Gasteiger partial charge in [-0.2, -0.15) is 0 Å². The molecule has 98 valence electrons. The average molecular weight is 243 g/mol. The molecule has 0 aromatic rings. The predicted octanol–water partition coefficient (Wildman–Crippen LogP) is 0.905. The number of hydrogen-bond acceptors (Lipinski definition) is 4. The second-order valence-corrected chi connectivity index (χ2v) is 5.31. The zero-order valence-corrected chi connectivity index (χ0v) is 10.8. The van der Waals surface area contributed by atoms with Crippen molar-refractivity contribution in [2.75, 3.05) is 13.2 Å². The number of carbonyl (C=O) groups excluding carboxylic acids is 1. The fourth-order valence-electron chi connectivity index (χ4n) is 1.81. The molecule has 0 aromatic heterocycles. The molecule has 0 fully saturated rings. The van der Waals surface area contributed by atoms with Crippen LogP contribution in [0.2, 0.25) is 0 Å². The van der Waals surface area contributed by atoms with Crippen LogP contribution >= 0.6 is 0 Å². The van der Waals surface area contributed by atoms with Gasteiger partial charge in [0.1, 0.15) is 5.60 Å². The third-order valence-electron chi connectivity index (χ3n) is 2.54. The molecule has 0 aromatic carbocycles. The molecule has 17 heavy (non-hydrogen) atoms. The second kappa shape index (κ2) is 5.06. The first kappa shape index (κ1) is 14.0. The number of amides is 1. The van der Waals surface area contributed by atoms with E-state index in [1.807, 2.05) is 0 Å². The van der Waals surface area contributed by atoms with Crippen molar-refractivity contribution in [2.45, 2.75) is 45.4 Å². The molecule has 1 amide bonds. The summed E-state index contributed by atoms with van der Waals surface area (Å²) in [7, 11) is 0. The van der Waals surface area contributed by atoms with Gasteiger partial charge in [-0.3, -0.25) is 4.90 Å². The van der Waals surface area contributed by atoms with Crippen molar-refractivity contribution >= 4 is 6.09 Å². The van der Waals surface area contributed by atoms with E-state index in [-0.39, 0.29) is 13.2 Å². The lowest BCUT2D eigenvalue weighted by molar-refractivity contribution is 0.00164. The van der Waals surface area contributed by atoms with Crippen LogP contribution in [0.1, 0.15) is 27.7 Å². The Kier molecular flexibility index (Phi) is 4.16. The van der Waals surface area contributed by atoms with Gasteiger partial charge in [0, 0.05) is 0 Å². The van der Waals surface area contributed by atoms with E-state index >= 15 is 0 Å². The standard InChI is InChI=1S/C12H21NO4/c1-8-5-9(15)6-13(10(8)7-14)11(16)17-12(2,3)4/h5,9-10,14-15H,6-7H2,1-4H3/t9-,10+/m0/s1. The number of carbonyl (C=O) groups is 1. The van der Waals surface area contributed by atoms with Crippen LogP contribution in [-0.2, 0) is 4.74 Å². The summed E-state index contributed by atoms with van der Waals surface area (Å²) in [5, 5.41) is 18.9. The van der Waals surface area contributed by atoms with E-state index in [9.17, 15) is 15.0 Å². The molecule has 1 heterocycles. The van der Waals surface area contributed by atoms with E-state index < -0.39 is 23.8 Å². The SMILES string of the molecule is CC1=C[C@H](O)CN(C(=O)OC(C)(C)C)[C@@H]1CO. The van der Waals surface area contributed by atoms with E-state index in [0.717, 1.165) is 5.57 Å². The Bertz CT molecular complexity index is 319. The molecule has 5 nitrogen and oxygen atoms in total. The molecular weight excluding hydrogens is 222 g/mol. The van der Waals surface area contributed by atoms with Crippen molar-refractivity contribution in [3.63, 3.8) is 0 Å². The maximum absolute atomic E-state index is 11.9. The van der Waals surface area contributed by atoms with Gasteiger partial charge in [-0.1, -0.05) is 6.08 Å². The number of aliphatic hydroxyl groups excluding tert-OH is 2. The molecular formula is C12H21NO4. The van der Waals surface area contributed by atoms with Crippen LogP contribution in [0.4, 0.5) is 4.79 Å². The highest BCUT2D eigenvalue weighted by molar-refractivity contribution is 5.69. The van der Waals surface area contributed by atoms with Gasteiger partial charge >= 0.3 is 6.09 Å². The number of β-amino-alcohol motifs (C(OH)–C–C–N with tert-alkyl or cyclic N) is 1. The fourth-order valence-corrected chi connectivity index (χ4v) is 1.81. The quantitative estimate of drug-likeness (QED) is 0.671. The fraction of sp³-hybridized carbons (Fsp3) is 0.750. The second-order valence-electron chi connectivity index (χ2n) is 5.31. The molecule has 1 aliphatic rings. The highest BCUT2D eigenvalue weighted by Gasteiger charge is 2.33. The monoisotopic (exact) mass is 243 g/mol. The molecule has 0 spiro atoms. The van der Waals surface area contributed by atoms with Gasteiger partial charge in [-0.25, -0.2) is 4.79 Å². The normalized spacial score (nSPS) is 25.5. The first-order valence-electron chi connectivity index (χ1n) is 5.71. The van der Waals surface area contributed by atoms with Gasteiger partial charge in [0.05, 0.1) is 25.3 Å². The molecule has 5 heteroatoms. The van der Waals surface area contributed by atoms with Crippen LogP contribution in [0.15, 0.2) is 11.6 Å². The maximum atomic E-state index is 11.9.